The number of anilines is 1. The molecule has 0 amide bonds. The average molecular weight is 315 g/mol. The van der Waals surface area contributed by atoms with Crippen LogP contribution in [0.3, 0.4) is 0 Å². The molecule has 0 fully saturated rings. The number of hydrogen-bond acceptors (Lipinski definition) is 3. The molecule has 0 saturated carbocycles. The maximum atomic E-state index is 10.7. The van der Waals surface area contributed by atoms with Crippen molar-refractivity contribution in [2.45, 2.75) is 45.6 Å². The van der Waals surface area contributed by atoms with Gasteiger partial charge >= 0.3 is 0 Å². The van der Waals surface area contributed by atoms with Crippen LogP contribution in [0.1, 0.15) is 39.5 Å². The monoisotopic (exact) mass is 314 g/mol. The van der Waals surface area contributed by atoms with Gasteiger partial charge in [-0.3, -0.25) is 10.1 Å². The van der Waals surface area contributed by atoms with Gasteiger partial charge in [-0.15, -0.1) is 0 Å². The Labute approximate surface area is 116 Å². The van der Waals surface area contributed by atoms with Gasteiger partial charge in [-0.05, 0) is 35.3 Å². The Balaban J connectivity index is 2.65. The summed E-state index contributed by atoms with van der Waals surface area (Å²) < 4.78 is 0.857. The van der Waals surface area contributed by atoms with Gasteiger partial charge in [-0.2, -0.15) is 0 Å². The number of unbranched alkanes of at least 4 members (excludes halogenated alkanes) is 2. The Kier molecular flexibility index (Phi) is 6.12. The zero-order valence-electron chi connectivity index (χ0n) is 10.8. The van der Waals surface area contributed by atoms with Crippen molar-refractivity contribution in [3.05, 3.63) is 32.8 Å². The van der Waals surface area contributed by atoms with Crippen LogP contribution in [0.15, 0.2) is 22.7 Å². The number of rotatable bonds is 7. The largest absolute Gasteiger partial charge is 0.381 e. The van der Waals surface area contributed by atoms with Gasteiger partial charge in [0, 0.05) is 22.6 Å². The minimum Gasteiger partial charge on any atom is -0.381 e. The molecule has 4 nitrogen and oxygen atoms in total. The van der Waals surface area contributed by atoms with E-state index in [0.29, 0.717) is 6.04 Å². The lowest BCUT2D eigenvalue weighted by Gasteiger charge is -2.16. The van der Waals surface area contributed by atoms with Gasteiger partial charge in [0.1, 0.15) is 0 Å². The number of hydrogen-bond donors (Lipinski definition) is 1. The van der Waals surface area contributed by atoms with E-state index >= 15 is 0 Å². The first-order chi connectivity index (χ1) is 8.54. The van der Waals surface area contributed by atoms with E-state index in [2.05, 4.69) is 35.1 Å². The Bertz CT molecular complexity index is 410. The average Bonchev–Trinajstić information content (AvgIpc) is 2.32. The first-order valence-corrected chi connectivity index (χ1v) is 7.04. The molecule has 0 bridgehead atoms. The second-order valence-corrected chi connectivity index (χ2v) is 5.32. The Morgan fingerprint density at radius 2 is 2.17 bits per heavy atom. The maximum Gasteiger partial charge on any atom is 0.271 e. The highest BCUT2D eigenvalue weighted by atomic mass is 79.9. The lowest BCUT2D eigenvalue weighted by Crippen LogP contribution is -2.15. The zero-order chi connectivity index (χ0) is 13.5. The van der Waals surface area contributed by atoms with Gasteiger partial charge in [0.25, 0.3) is 5.69 Å². The standard InChI is InChI=1S/C13H19BrN2O2/c1-3-4-5-6-10(2)15-13-9-11(16(17)18)7-8-12(13)14/h7-10,15H,3-6H2,1-2H3. The first kappa shape index (κ1) is 15.0. The molecule has 0 radical (unpaired) electrons. The van der Waals surface area contributed by atoms with Crippen LogP contribution in [-0.2, 0) is 0 Å². The Morgan fingerprint density at radius 3 is 2.78 bits per heavy atom. The van der Waals surface area contributed by atoms with Crippen LogP contribution in [0, 0.1) is 10.1 Å². The number of nitrogens with zero attached hydrogens (tertiary/aromatic N) is 1. The molecule has 0 aliphatic carbocycles. The van der Waals surface area contributed by atoms with Crippen LogP contribution in [0.4, 0.5) is 11.4 Å². The van der Waals surface area contributed by atoms with Crippen LogP contribution in [0.5, 0.6) is 0 Å². The summed E-state index contributed by atoms with van der Waals surface area (Å²) in [6, 6.07) is 5.09. The maximum absolute atomic E-state index is 10.7. The molecule has 0 aliphatic rings. The quantitative estimate of drug-likeness (QED) is 0.449. The first-order valence-electron chi connectivity index (χ1n) is 6.25. The molecule has 0 heterocycles. The number of nitro groups is 1. The topological polar surface area (TPSA) is 55.2 Å². The second kappa shape index (κ2) is 7.36. The van der Waals surface area contributed by atoms with E-state index in [-0.39, 0.29) is 10.6 Å². The van der Waals surface area contributed by atoms with Crippen molar-refractivity contribution in [3.63, 3.8) is 0 Å². The summed E-state index contributed by atoms with van der Waals surface area (Å²) in [6.45, 7) is 4.27. The molecule has 100 valence electrons. The van der Waals surface area contributed by atoms with Gasteiger partial charge in [0.05, 0.1) is 10.6 Å². The summed E-state index contributed by atoms with van der Waals surface area (Å²) in [5, 5.41) is 14.0. The highest BCUT2D eigenvalue weighted by molar-refractivity contribution is 9.10. The van der Waals surface area contributed by atoms with Crippen LogP contribution < -0.4 is 5.32 Å². The number of benzene rings is 1. The molecule has 0 saturated heterocycles. The summed E-state index contributed by atoms with van der Waals surface area (Å²) in [7, 11) is 0. The van der Waals surface area contributed by atoms with Crippen molar-refractivity contribution in [2.24, 2.45) is 0 Å². The molecule has 1 rings (SSSR count). The number of nitrogens with one attached hydrogen (secondary N) is 1. The lowest BCUT2D eigenvalue weighted by atomic mass is 10.1. The molecule has 5 heteroatoms. The van der Waals surface area contributed by atoms with Crippen LogP contribution in [-0.4, -0.2) is 11.0 Å². The van der Waals surface area contributed by atoms with Gasteiger partial charge < -0.3 is 5.32 Å². The fraction of sp³-hybridized carbons (Fsp3) is 0.538. The number of halogens is 1. The van der Waals surface area contributed by atoms with Crippen LogP contribution >= 0.6 is 15.9 Å². The van der Waals surface area contributed by atoms with Gasteiger partial charge in [-0.1, -0.05) is 26.2 Å². The molecular formula is C13H19BrN2O2. The van der Waals surface area contributed by atoms with E-state index in [0.717, 1.165) is 16.6 Å². The zero-order valence-corrected chi connectivity index (χ0v) is 12.4. The lowest BCUT2D eigenvalue weighted by molar-refractivity contribution is -0.384. The van der Waals surface area contributed by atoms with E-state index in [1.54, 1.807) is 12.1 Å². The molecule has 0 spiro atoms. The Hall–Kier alpha value is -1.10. The molecule has 1 aromatic carbocycles. The molecule has 1 unspecified atom stereocenters. The third-order valence-electron chi connectivity index (χ3n) is 2.80. The predicted molar refractivity (Wildman–Crippen MR) is 78.0 cm³/mol. The highest BCUT2D eigenvalue weighted by Crippen LogP contribution is 2.28. The fourth-order valence-corrected chi connectivity index (χ4v) is 2.14. The van der Waals surface area contributed by atoms with Crippen molar-refractivity contribution in [2.75, 3.05) is 5.32 Å². The fourth-order valence-electron chi connectivity index (χ4n) is 1.78. The molecule has 1 aromatic rings. The summed E-state index contributed by atoms with van der Waals surface area (Å²) in [6.07, 6.45) is 4.68. The third-order valence-corrected chi connectivity index (χ3v) is 3.49. The molecule has 0 aliphatic heterocycles. The van der Waals surface area contributed by atoms with Crippen molar-refractivity contribution in [1.82, 2.24) is 0 Å². The SMILES string of the molecule is CCCCCC(C)Nc1cc([N+](=O)[O-])ccc1Br. The Morgan fingerprint density at radius 1 is 1.44 bits per heavy atom. The van der Waals surface area contributed by atoms with Crippen molar-refractivity contribution >= 4 is 27.3 Å². The molecule has 0 aromatic heterocycles. The van der Waals surface area contributed by atoms with E-state index < -0.39 is 0 Å². The summed E-state index contributed by atoms with van der Waals surface area (Å²) in [5.41, 5.74) is 0.898. The molecule has 1 N–H and O–H groups in total. The summed E-state index contributed by atoms with van der Waals surface area (Å²) in [5.74, 6) is 0. The van der Waals surface area contributed by atoms with Gasteiger partial charge in [-0.25, -0.2) is 0 Å². The second-order valence-electron chi connectivity index (χ2n) is 4.46. The molecule has 1 atom stereocenters. The van der Waals surface area contributed by atoms with Crippen molar-refractivity contribution in [3.8, 4) is 0 Å². The van der Waals surface area contributed by atoms with E-state index in [9.17, 15) is 10.1 Å². The third kappa shape index (κ3) is 4.64. The summed E-state index contributed by atoms with van der Waals surface area (Å²) >= 11 is 3.40. The number of non-ortho nitro benzene ring substituents is 1. The smallest absolute Gasteiger partial charge is 0.271 e. The van der Waals surface area contributed by atoms with E-state index in [4.69, 9.17) is 0 Å². The van der Waals surface area contributed by atoms with E-state index in [1.165, 1.54) is 25.3 Å². The van der Waals surface area contributed by atoms with Crippen LogP contribution in [0.2, 0.25) is 0 Å². The minimum absolute atomic E-state index is 0.112. The van der Waals surface area contributed by atoms with Crippen molar-refractivity contribution < 1.29 is 4.92 Å². The summed E-state index contributed by atoms with van der Waals surface area (Å²) in [4.78, 5) is 10.3. The number of nitro benzene ring substituents is 1. The normalized spacial score (nSPS) is 12.2. The predicted octanol–water partition coefficient (Wildman–Crippen LogP) is 4.74. The van der Waals surface area contributed by atoms with Crippen LogP contribution in [0.25, 0.3) is 0 Å². The van der Waals surface area contributed by atoms with Gasteiger partial charge in [0.2, 0.25) is 0 Å². The molecule has 18 heavy (non-hydrogen) atoms. The minimum atomic E-state index is -0.376. The van der Waals surface area contributed by atoms with Crippen molar-refractivity contribution in [1.29, 1.82) is 0 Å². The highest BCUT2D eigenvalue weighted by Gasteiger charge is 2.11. The molecular weight excluding hydrogens is 296 g/mol. The van der Waals surface area contributed by atoms with Gasteiger partial charge in [0.15, 0.2) is 0 Å². The van der Waals surface area contributed by atoms with E-state index in [1.807, 2.05) is 0 Å².